The molecule has 0 aliphatic heterocycles. The van der Waals surface area contributed by atoms with Crippen LogP contribution >= 0.6 is 27.3 Å². The summed E-state index contributed by atoms with van der Waals surface area (Å²) in [5.74, 6) is 0.470. The number of carbonyl (C=O) groups is 1. The summed E-state index contributed by atoms with van der Waals surface area (Å²) in [7, 11) is 0. The topological polar surface area (TPSA) is 51.2 Å². The number of carbonyl (C=O) groups excluding carboxylic acids is 1. The lowest BCUT2D eigenvalue weighted by molar-refractivity contribution is -0.118. The first kappa shape index (κ1) is 24.5. The molecule has 4 nitrogen and oxygen atoms in total. The average Bonchev–Trinajstić information content (AvgIpc) is 3.13. The average molecular weight is 516 g/mol. The van der Waals surface area contributed by atoms with Gasteiger partial charge in [-0.25, -0.2) is 4.98 Å². The smallest absolute Gasteiger partial charge is 0.264 e. The maximum Gasteiger partial charge on any atom is 0.264 e. The third-order valence-corrected chi connectivity index (χ3v) is 6.51. The van der Waals surface area contributed by atoms with Gasteiger partial charge in [-0.05, 0) is 52.6 Å². The van der Waals surface area contributed by atoms with E-state index < -0.39 is 0 Å². The molecule has 0 saturated carbocycles. The monoisotopic (exact) mass is 514 g/mol. The summed E-state index contributed by atoms with van der Waals surface area (Å²) < 4.78 is 6.74. The number of halogens is 1. The number of nitrogens with one attached hydrogen (secondary N) is 1. The minimum Gasteiger partial charge on any atom is -0.484 e. The molecule has 1 heterocycles. The zero-order valence-electron chi connectivity index (χ0n) is 19.4. The summed E-state index contributed by atoms with van der Waals surface area (Å²) in [5.41, 5.74) is 2.80. The van der Waals surface area contributed by atoms with E-state index in [1.165, 1.54) is 22.5 Å². The van der Waals surface area contributed by atoms with Crippen LogP contribution in [0.1, 0.15) is 57.0 Å². The number of aromatic nitrogens is 1. The Morgan fingerprint density at radius 3 is 2.31 bits per heavy atom. The standard InChI is InChI=1S/C26H31BrN2O2S/c1-25(2,3)17-26(4,5)19-8-12-21(13-9-19)31-16-23(30)29-24-28-15-22(32-24)14-18-6-10-20(27)11-7-18/h6-13,15H,14,16-17H2,1-5H3,(H,28,29,30). The van der Waals surface area contributed by atoms with Crippen LogP contribution in [0.2, 0.25) is 0 Å². The van der Waals surface area contributed by atoms with Crippen molar-refractivity contribution in [2.24, 2.45) is 5.41 Å². The number of hydrogen-bond acceptors (Lipinski definition) is 4. The quantitative estimate of drug-likeness (QED) is 0.344. The Hall–Kier alpha value is -2.18. The second-order valence-corrected chi connectivity index (χ2v) is 11.9. The molecule has 0 saturated heterocycles. The van der Waals surface area contributed by atoms with Crippen LogP contribution in [0.5, 0.6) is 5.75 Å². The molecule has 3 aromatic rings. The van der Waals surface area contributed by atoms with Crippen LogP contribution < -0.4 is 10.1 Å². The van der Waals surface area contributed by atoms with Gasteiger partial charge in [0.2, 0.25) is 0 Å². The van der Waals surface area contributed by atoms with Crippen molar-refractivity contribution in [3.05, 3.63) is 75.2 Å². The normalized spacial score (nSPS) is 11.9. The van der Waals surface area contributed by atoms with E-state index in [1.807, 2.05) is 24.3 Å². The van der Waals surface area contributed by atoms with Crippen LogP contribution in [-0.2, 0) is 16.6 Å². The molecule has 0 radical (unpaired) electrons. The molecule has 3 rings (SSSR count). The van der Waals surface area contributed by atoms with Crippen molar-refractivity contribution in [1.82, 2.24) is 4.98 Å². The van der Waals surface area contributed by atoms with E-state index in [-0.39, 0.29) is 23.3 Å². The van der Waals surface area contributed by atoms with Gasteiger partial charge >= 0.3 is 0 Å². The summed E-state index contributed by atoms with van der Waals surface area (Å²) >= 11 is 4.93. The number of ether oxygens (including phenoxy) is 1. The van der Waals surface area contributed by atoms with Crippen LogP contribution in [0.25, 0.3) is 0 Å². The van der Waals surface area contributed by atoms with E-state index in [4.69, 9.17) is 4.74 Å². The number of hydrogen-bond donors (Lipinski definition) is 1. The fourth-order valence-electron chi connectivity index (χ4n) is 3.98. The van der Waals surface area contributed by atoms with Crippen molar-refractivity contribution in [2.75, 3.05) is 11.9 Å². The van der Waals surface area contributed by atoms with E-state index >= 15 is 0 Å². The molecule has 0 fully saturated rings. The van der Waals surface area contributed by atoms with E-state index in [9.17, 15) is 4.79 Å². The first-order chi connectivity index (χ1) is 15.0. The fraction of sp³-hybridized carbons (Fsp3) is 0.385. The molecule has 0 aliphatic carbocycles. The molecular weight excluding hydrogens is 484 g/mol. The highest BCUT2D eigenvalue weighted by Gasteiger charge is 2.27. The van der Waals surface area contributed by atoms with Crippen molar-refractivity contribution in [1.29, 1.82) is 0 Å². The molecule has 0 bridgehead atoms. The molecular formula is C26H31BrN2O2S. The zero-order chi connectivity index (χ0) is 23.4. The van der Waals surface area contributed by atoms with E-state index in [1.54, 1.807) is 6.20 Å². The Bertz CT molecular complexity index is 1030. The van der Waals surface area contributed by atoms with Crippen LogP contribution in [0.3, 0.4) is 0 Å². The van der Waals surface area contributed by atoms with Gasteiger partial charge in [0, 0.05) is 22.0 Å². The molecule has 0 atom stereocenters. The molecule has 170 valence electrons. The predicted molar refractivity (Wildman–Crippen MR) is 137 cm³/mol. The van der Waals surface area contributed by atoms with Crippen LogP contribution in [-0.4, -0.2) is 17.5 Å². The Balaban J connectivity index is 1.50. The maximum atomic E-state index is 12.3. The van der Waals surface area contributed by atoms with Crippen molar-refractivity contribution in [3.8, 4) is 5.75 Å². The van der Waals surface area contributed by atoms with Gasteiger partial charge in [-0.15, -0.1) is 11.3 Å². The summed E-state index contributed by atoms with van der Waals surface area (Å²) in [6.45, 7) is 11.3. The lowest BCUT2D eigenvalue weighted by Gasteiger charge is -2.33. The second kappa shape index (κ2) is 10.2. The number of nitrogens with zero attached hydrogens (tertiary/aromatic N) is 1. The SMILES string of the molecule is CC(C)(C)CC(C)(C)c1ccc(OCC(=O)Nc2ncc(Cc3ccc(Br)cc3)s2)cc1. The highest BCUT2D eigenvalue weighted by Crippen LogP contribution is 2.36. The van der Waals surface area contributed by atoms with Gasteiger partial charge in [-0.2, -0.15) is 0 Å². The predicted octanol–water partition coefficient (Wildman–Crippen LogP) is 7.23. The number of amides is 1. The Morgan fingerprint density at radius 2 is 1.69 bits per heavy atom. The van der Waals surface area contributed by atoms with E-state index in [0.717, 1.165) is 22.2 Å². The minimum absolute atomic E-state index is 0.0492. The first-order valence-electron chi connectivity index (χ1n) is 10.7. The van der Waals surface area contributed by atoms with Gasteiger partial charge in [-0.1, -0.05) is 74.8 Å². The second-order valence-electron chi connectivity index (χ2n) is 9.92. The van der Waals surface area contributed by atoms with Gasteiger partial charge in [0.1, 0.15) is 5.75 Å². The summed E-state index contributed by atoms with van der Waals surface area (Å²) in [6.07, 6.45) is 3.68. The molecule has 0 unspecified atom stereocenters. The molecule has 0 aliphatic rings. The highest BCUT2D eigenvalue weighted by molar-refractivity contribution is 9.10. The number of benzene rings is 2. The largest absolute Gasteiger partial charge is 0.484 e. The third kappa shape index (κ3) is 7.45. The number of thiazole rings is 1. The van der Waals surface area contributed by atoms with Crippen LogP contribution in [0, 0.1) is 5.41 Å². The van der Waals surface area contributed by atoms with Gasteiger partial charge in [0.15, 0.2) is 11.7 Å². The maximum absolute atomic E-state index is 12.3. The summed E-state index contributed by atoms with van der Waals surface area (Å²) in [4.78, 5) is 17.7. The van der Waals surface area contributed by atoms with Crippen molar-refractivity contribution >= 4 is 38.3 Å². The Labute approximate surface area is 203 Å². The van der Waals surface area contributed by atoms with Crippen molar-refractivity contribution in [2.45, 2.75) is 52.9 Å². The minimum atomic E-state index is -0.216. The van der Waals surface area contributed by atoms with E-state index in [0.29, 0.717) is 10.9 Å². The van der Waals surface area contributed by atoms with Crippen molar-refractivity contribution in [3.63, 3.8) is 0 Å². The Morgan fingerprint density at radius 1 is 1.03 bits per heavy atom. The number of anilines is 1. The molecule has 0 spiro atoms. The molecule has 32 heavy (non-hydrogen) atoms. The van der Waals surface area contributed by atoms with E-state index in [2.05, 4.69) is 85.1 Å². The van der Waals surface area contributed by atoms with Crippen LogP contribution in [0.15, 0.2) is 59.2 Å². The lowest BCUT2D eigenvalue weighted by Crippen LogP contribution is -2.24. The molecule has 1 aromatic heterocycles. The Kier molecular flexibility index (Phi) is 7.78. The van der Waals surface area contributed by atoms with Gasteiger partial charge in [0.25, 0.3) is 5.91 Å². The van der Waals surface area contributed by atoms with Crippen LogP contribution in [0.4, 0.5) is 5.13 Å². The zero-order valence-corrected chi connectivity index (χ0v) is 21.8. The summed E-state index contributed by atoms with van der Waals surface area (Å²) in [6, 6.07) is 16.3. The van der Waals surface area contributed by atoms with Gasteiger partial charge in [0.05, 0.1) is 0 Å². The number of rotatable bonds is 8. The molecule has 6 heteroatoms. The van der Waals surface area contributed by atoms with Gasteiger partial charge in [-0.3, -0.25) is 10.1 Å². The lowest BCUT2D eigenvalue weighted by atomic mass is 9.72. The third-order valence-electron chi connectivity index (χ3n) is 5.07. The first-order valence-corrected chi connectivity index (χ1v) is 12.3. The van der Waals surface area contributed by atoms with Gasteiger partial charge < -0.3 is 4.74 Å². The summed E-state index contributed by atoms with van der Waals surface area (Å²) in [5, 5.41) is 3.41. The fourth-order valence-corrected chi connectivity index (χ4v) is 5.11. The molecule has 1 N–H and O–H groups in total. The molecule has 1 amide bonds. The highest BCUT2D eigenvalue weighted by atomic mass is 79.9. The molecule has 2 aromatic carbocycles. The van der Waals surface area contributed by atoms with Crippen molar-refractivity contribution < 1.29 is 9.53 Å².